The Hall–Kier alpha value is -1.00. The summed E-state index contributed by atoms with van der Waals surface area (Å²) in [4.78, 5) is 8.27. The summed E-state index contributed by atoms with van der Waals surface area (Å²) in [5.41, 5.74) is 0.924. The molecule has 4 heteroatoms. The predicted molar refractivity (Wildman–Crippen MR) is 52.6 cm³/mol. The van der Waals surface area contributed by atoms with Crippen molar-refractivity contribution in [2.75, 3.05) is 6.61 Å². The SMILES string of the molecule is OCCC(NC1CC1)c1cnccn1. The molecule has 0 saturated heterocycles. The van der Waals surface area contributed by atoms with E-state index in [0.29, 0.717) is 12.5 Å². The lowest BCUT2D eigenvalue weighted by Gasteiger charge is -2.16. The second-order valence-electron chi connectivity index (χ2n) is 3.64. The molecule has 1 fully saturated rings. The fraction of sp³-hybridized carbons (Fsp3) is 0.600. The predicted octanol–water partition coefficient (Wildman–Crippen LogP) is 0.652. The van der Waals surface area contributed by atoms with Crippen molar-refractivity contribution in [1.29, 1.82) is 0 Å². The zero-order valence-electron chi connectivity index (χ0n) is 8.06. The second-order valence-corrected chi connectivity index (χ2v) is 3.64. The summed E-state index contributed by atoms with van der Waals surface area (Å²) in [7, 11) is 0. The maximum absolute atomic E-state index is 8.94. The summed E-state index contributed by atoms with van der Waals surface area (Å²) in [5.74, 6) is 0. The third-order valence-electron chi connectivity index (χ3n) is 2.37. The quantitative estimate of drug-likeness (QED) is 0.721. The molecule has 0 aliphatic heterocycles. The van der Waals surface area contributed by atoms with Crippen LogP contribution in [0.4, 0.5) is 0 Å². The average molecular weight is 193 g/mol. The highest BCUT2D eigenvalue weighted by molar-refractivity contribution is 5.04. The molecule has 1 aliphatic carbocycles. The van der Waals surface area contributed by atoms with Crippen LogP contribution in [0.1, 0.15) is 31.0 Å². The summed E-state index contributed by atoms with van der Waals surface area (Å²) < 4.78 is 0. The van der Waals surface area contributed by atoms with Gasteiger partial charge in [-0.25, -0.2) is 0 Å². The monoisotopic (exact) mass is 193 g/mol. The van der Waals surface area contributed by atoms with Crippen LogP contribution in [-0.4, -0.2) is 27.7 Å². The molecular formula is C10H15N3O. The molecule has 1 heterocycles. The molecule has 0 aromatic carbocycles. The van der Waals surface area contributed by atoms with Gasteiger partial charge in [-0.05, 0) is 19.3 Å². The van der Waals surface area contributed by atoms with E-state index in [0.717, 1.165) is 5.69 Å². The van der Waals surface area contributed by atoms with Gasteiger partial charge in [0, 0.05) is 31.2 Å². The van der Waals surface area contributed by atoms with Gasteiger partial charge in [-0.15, -0.1) is 0 Å². The van der Waals surface area contributed by atoms with Gasteiger partial charge in [-0.3, -0.25) is 9.97 Å². The summed E-state index contributed by atoms with van der Waals surface area (Å²) in [6, 6.07) is 0.773. The van der Waals surface area contributed by atoms with E-state index in [9.17, 15) is 0 Å². The molecule has 1 unspecified atom stereocenters. The minimum absolute atomic E-state index is 0.154. The van der Waals surface area contributed by atoms with Gasteiger partial charge < -0.3 is 10.4 Å². The Bertz CT molecular complexity index is 274. The number of hydrogen-bond acceptors (Lipinski definition) is 4. The average Bonchev–Trinajstić information content (AvgIpc) is 3.03. The van der Waals surface area contributed by atoms with E-state index in [1.54, 1.807) is 18.6 Å². The lowest BCUT2D eigenvalue weighted by molar-refractivity contribution is 0.263. The van der Waals surface area contributed by atoms with Crippen molar-refractivity contribution < 1.29 is 5.11 Å². The van der Waals surface area contributed by atoms with Crippen LogP contribution in [0.5, 0.6) is 0 Å². The highest BCUT2D eigenvalue weighted by Gasteiger charge is 2.25. The first-order valence-corrected chi connectivity index (χ1v) is 5.03. The van der Waals surface area contributed by atoms with Crippen LogP contribution >= 0.6 is 0 Å². The van der Waals surface area contributed by atoms with Crippen molar-refractivity contribution in [3.63, 3.8) is 0 Å². The van der Waals surface area contributed by atoms with E-state index in [-0.39, 0.29) is 12.6 Å². The zero-order valence-corrected chi connectivity index (χ0v) is 8.06. The summed E-state index contributed by atoms with van der Waals surface area (Å²) in [6.07, 6.45) is 8.29. The van der Waals surface area contributed by atoms with Crippen LogP contribution in [0.2, 0.25) is 0 Å². The van der Waals surface area contributed by atoms with Gasteiger partial charge in [0.2, 0.25) is 0 Å². The zero-order chi connectivity index (χ0) is 9.80. The maximum atomic E-state index is 8.94. The fourth-order valence-corrected chi connectivity index (χ4v) is 1.47. The van der Waals surface area contributed by atoms with Crippen molar-refractivity contribution in [3.05, 3.63) is 24.3 Å². The largest absolute Gasteiger partial charge is 0.396 e. The van der Waals surface area contributed by atoms with Crippen LogP contribution < -0.4 is 5.32 Å². The van der Waals surface area contributed by atoms with Crippen molar-refractivity contribution in [1.82, 2.24) is 15.3 Å². The third-order valence-corrected chi connectivity index (χ3v) is 2.37. The molecule has 2 N–H and O–H groups in total. The number of nitrogens with zero attached hydrogens (tertiary/aromatic N) is 2. The molecule has 0 bridgehead atoms. The molecule has 1 aliphatic rings. The molecule has 76 valence electrons. The summed E-state index contributed by atoms with van der Waals surface area (Å²) in [5, 5.41) is 12.4. The molecule has 1 atom stereocenters. The van der Waals surface area contributed by atoms with Crippen molar-refractivity contribution >= 4 is 0 Å². The van der Waals surface area contributed by atoms with E-state index >= 15 is 0 Å². The minimum Gasteiger partial charge on any atom is -0.396 e. The molecule has 0 radical (unpaired) electrons. The third kappa shape index (κ3) is 2.49. The Labute approximate surface area is 83.4 Å². The highest BCUT2D eigenvalue weighted by atomic mass is 16.3. The molecule has 2 rings (SSSR count). The normalized spacial score (nSPS) is 18.1. The first-order valence-electron chi connectivity index (χ1n) is 5.03. The first-order chi connectivity index (χ1) is 6.90. The highest BCUT2D eigenvalue weighted by Crippen LogP contribution is 2.24. The first kappa shape index (κ1) is 9.55. The van der Waals surface area contributed by atoms with Crippen LogP contribution in [0.15, 0.2) is 18.6 Å². The van der Waals surface area contributed by atoms with Gasteiger partial charge in [0.1, 0.15) is 0 Å². The molecule has 1 aromatic heterocycles. The molecule has 1 saturated carbocycles. The number of aliphatic hydroxyl groups excluding tert-OH is 1. The van der Waals surface area contributed by atoms with E-state index in [1.165, 1.54) is 12.8 Å². The number of aromatic nitrogens is 2. The van der Waals surface area contributed by atoms with E-state index in [2.05, 4.69) is 15.3 Å². The number of nitrogens with one attached hydrogen (secondary N) is 1. The van der Waals surface area contributed by atoms with E-state index in [4.69, 9.17) is 5.11 Å². The molecule has 14 heavy (non-hydrogen) atoms. The van der Waals surface area contributed by atoms with Gasteiger partial charge in [0.25, 0.3) is 0 Å². The van der Waals surface area contributed by atoms with E-state index < -0.39 is 0 Å². The van der Waals surface area contributed by atoms with E-state index in [1.807, 2.05) is 0 Å². The van der Waals surface area contributed by atoms with Crippen LogP contribution in [0, 0.1) is 0 Å². The second kappa shape index (κ2) is 4.48. The Kier molecular flexibility index (Phi) is 3.06. The Morgan fingerprint density at radius 3 is 2.93 bits per heavy atom. The summed E-state index contributed by atoms with van der Waals surface area (Å²) in [6.45, 7) is 0.182. The Morgan fingerprint density at radius 1 is 1.50 bits per heavy atom. The fourth-order valence-electron chi connectivity index (χ4n) is 1.47. The molecular weight excluding hydrogens is 178 g/mol. The van der Waals surface area contributed by atoms with Gasteiger partial charge >= 0.3 is 0 Å². The number of rotatable bonds is 5. The van der Waals surface area contributed by atoms with Gasteiger partial charge in [-0.2, -0.15) is 0 Å². The Balaban J connectivity index is 2.01. The Morgan fingerprint density at radius 2 is 2.36 bits per heavy atom. The molecule has 1 aromatic rings. The lowest BCUT2D eigenvalue weighted by Crippen LogP contribution is -2.25. The minimum atomic E-state index is 0.154. The van der Waals surface area contributed by atoms with Crippen LogP contribution in [0.25, 0.3) is 0 Å². The van der Waals surface area contributed by atoms with Gasteiger partial charge in [0.15, 0.2) is 0 Å². The van der Waals surface area contributed by atoms with Crippen molar-refractivity contribution in [2.45, 2.75) is 31.3 Å². The van der Waals surface area contributed by atoms with Crippen molar-refractivity contribution in [2.24, 2.45) is 0 Å². The maximum Gasteiger partial charge on any atom is 0.0757 e. The molecule has 0 amide bonds. The van der Waals surface area contributed by atoms with Gasteiger partial charge in [-0.1, -0.05) is 0 Å². The summed E-state index contributed by atoms with van der Waals surface area (Å²) >= 11 is 0. The molecule has 4 nitrogen and oxygen atoms in total. The number of hydrogen-bond donors (Lipinski definition) is 2. The van der Waals surface area contributed by atoms with Crippen molar-refractivity contribution in [3.8, 4) is 0 Å². The van der Waals surface area contributed by atoms with Crippen LogP contribution in [0.3, 0.4) is 0 Å². The number of aliphatic hydroxyl groups is 1. The topological polar surface area (TPSA) is 58.0 Å². The van der Waals surface area contributed by atoms with Crippen LogP contribution in [-0.2, 0) is 0 Å². The standard InChI is InChI=1S/C10H15N3O/c14-6-3-9(13-8-1-2-8)10-7-11-4-5-12-10/h4-5,7-9,13-14H,1-3,6H2. The lowest BCUT2D eigenvalue weighted by atomic mass is 10.1. The van der Waals surface area contributed by atoms with Gasteiger partial charge in [0.05, 0.1) is 11.7 Å². The smallest absolute Gasteiger partial charge is 0.0757 e. The molecule has 0 spiro atoms.